The first kappa shape index (κ1) is 15.8. The van der Waals surface area contributed by atoms with Crippen molar-refractivity contribution in [2.45, 2.75) is 13.5 Å². The molecule has 2 rings (SSSR count). The van der Waals surface area contributed by atoms with Crippen LogP contribution in [0.1, 0.15) is 12.5 Å². The van der Waals surface area contributed by atoms with E-state index in [-0.39, 0.29) is 0 Å². The number of anilines is 1. The molecule has 0 spiro atoms. The number of rotatable bonds is 6. The lowest BCUT2D eigenvalue weighted by Gasteiger charge is -2.13. The quantitative estimate of drug-likeness (QED) is 0.809. The van der Waals surface area contributed by atoms with Gasteiger partial charge in [-0.2, -0.15) is 0 Å². The Hall–Kier alpha value is -1.58. The largest absolute Gasteiger partial charge is 0.493 e. The van der Waals surface area contributed by atoms with E-state index in [1.54, 1.807) is 13.2 Å². The van der Waals surface area contributed by atoms with E-state index in [4.69, 9.17) is 32.7 Å². The van der Waals surface area contributed by atoms with E-state index < -0.39 is 0 Å². The molecule has 0 aliphatic carbocycles. The van der Waals surface area contributed by atoms with Crippen molar-refractivity contribution in [3.8, 4) is 11.5 Å². The first-order chi connectivity index (χ1) is 10.2. The van der Waals surface area contributed by atoms with Crippen LogP contribution in [0.15, 0.2) is 36.4 Å². The predicted octanol–water partition coefficient (Wildman–Crippen LogP) is 5.01. The minimum atomic E-state index is 0.556. The monoisotopic (exact) mass is 325 g/mol. The first-order valence-corrected chi connectivity index (χ1v) is 7.39. The summed E-state index contributed by atoms with van der Waals surface area (Å²) in [5, 5.41) is 4.43. The second-order valence-electron chi connectivity index (χ2n) is 4.37. The van der Waals surface area contributed by atoms with Crippen molar-refractivity contribution in [1.29, 1.82) is 0 Å². The van der Waals surface area contributed by atoms with Gasteiger partial charge in [-0.3, -0.25) is 0 Å². The van der Waals surface area contributed by atoms with Crippen LogP contribution >= 0.6 is 23.2 Å². The number of hydrogen-bond acceptors (Lipinski definition) is 3. The lowest BCUT2D eigenvalue weighted by Crippen LogP contribution is -2.02. The Morgan fingerprint density at radius 3 is 2.62 bits per heavy atom. The maximum Gasteiger partial charge on any atom is 0.163 e. The summed E-state index contributed by atoms with van der Waals surface area (Å²) in [6, 6.07) is 11.3. The summed E-state index contributed by atoms with van der Waals surface area (Å²) in [5.74, 6) is 1.42. The Labute approximate surface area is 134 Å². The van der Waals surface area contributed by atoms with E-state index in [2.05, 4.69) is 5.32 Å². The topological polar surface area (TPSA) is 30.5 Å². The van der Waals surface area contributed by atoms with Crippen LogP contribution in [0.25, 0.3) is 0 Å². The Morgan fingerprint density at radius 1 is 1.10 bits per heavy atom. The number of benzene rings is 2. The van der Waals surface area contributed by atoms with Crippen LogP contribution < -0.4 is 14.8 Å². The summed E-state index contributed by atoms with van der Waals surface area (Å²) in [4.78, 5) is 0. The molecule has 0 fully saturated rings. The Balaban J connectivity index is 2.13. The van der Waals surface area contributed by atoms with Crippen LogP contribution in [0.2, 0.25) is 10.0 Å². The van der Waals surface area contributed by atoms with Crippen LogP contribution in [-0.4, -0.2) is 13.7 Å². The minimum Gasteiger partial charge on any atom is -0.493 e. The molecule has 2 aromatic rings. The summed E-state index contributed by atoms with van der Waals surface area (Å²) in [6.45, 7) is 3.10. The molecule has 2 aromatic carbocycles. The van der Waals surface area contributed by atoms with Crippen LogP contribution in [-0.2, 0) is 6.54 Å². The maximum atomic E-state index is 6.17. The fourth-order valence-corrected chi connectivity index (χ4v) is 2.32. The van der Waals surface area contributed by atoms with Gasteiger partial charge in [-0.25, -0.2) is 0 Å². The number of hydrogen-bond donors (Lipinski definition) is 1. The Morgan fingerprint density at radius 2 is 1.90 bits per heavy atom. The summed E-state index contributed by atoms with van der Waals surface area (Å²) in [6.07, 6.45) is 0. The Bertz CT molecular complexity index is 617. The summed E-state index contributed by atoms with van der Waals surface area (Å²) in [7, 11) is 1.62. The van der Waals surface area contributed by atoms with Gasteiger partial charge < -0.3 is 14.8 Å². The van der Waals surface area contributed by atoms with Gasteiger partial charge in [0.05, 0.1) is 23.8 Å². The minimum absolute atomic E-state index is 0.556. The summed E-state index contributed by atoms with van der Waals surface area (Å²) < 4.78 is 10.8. The zero-order chi connectivity index (χ0) is 15.2. The van der Waals surface area contributed by atoms with Crippen LogP contribution in [0, 0.1) is 0 Å². The molecule has 0 aromatic heterocycles. The van der Waals surface area contributed by atoms with Crippen molar-refractivity contribution in [2.75, 3.05) is 19.0 Å². The smallest absolute Gasteiger partial charge is 0.163 e. The third-order valence-electron chi connectivity index (χ3n) is 2.98. The van der Waals surface area contributed by atoms with Gasteiger partial charge in [-0.1, -0.05) is 35.3 Å². The van der Waals surface area contributed by atoms with Gasteiger partial charge in [0.2, 0.25) is 0 Å². The molecule has 5 heteroatoms. The average molecular weight is 326 g/mol. The van der Waals surface area contributed by atoms with Crippen molar-refractivity contribution < 1.29 is 9.47 Å². The molecule has 0 amide bonds. The third kappa shape index (κ3) is 3.96. The van der Waals surface area contributed by atoms with Crippen LogP contribution in [0.5, 0.6) is 11.5 Å². The number of nitrogens with one attached hydrogen (secondary N) is 1. The fourth-order valence-electron chi connectivity index (χ4n) is 1.94. The van der Waals surface area contributed by atoms with Gasteiger partial charge >= 0.3 is 0 Å². The van der Waals surface area contributed by atoms with Crippen molar-refractivity contribution >= 4 is 28.9 Å². The molecule has 0 saturated carbocycles. The van der Waals surface area contributed by atoms with Crippen molar-refractivity contribution in [3.05, 3.63) is 52.0 Å². The van der Waals surface area contributed by atoms with E-state index >= 15 is 0 Å². The maximum absolute atomic E-state index is 6.17. The normalized spacial score (nSPS) is 10.3. The molecule has 1 N–H and O–H groups in total. The van der Waals surface area contributed by atoms with Crippen LogP contribution in [0.4, 0.5) is 5.69 Å². The Kier molecular flexibility index (Phi) is 5.59. The summed E-state index contributed by atoms with van der Waals surface area (Å²) in [5.41, 5.74) is 1.87. The van der Waals surface area contributed by atoms with Crippen molar-refractivity contribution in [2.24, 2.45) is 0 Å². The van der Waals surface area contributed by atoms with Gasteiger partial charge in [0.1, 0.15) is 0 Å². The zero-order valence-electron chi connectivity index (χ0n) is 12.0. The second-order valence-corrected chi connectivity index (χ2v) is 5.15. The van der Waals surface area contributed by atoms with Gasteiger partial charge in [0.15, 0.2) is 11.5 Å². The molecular formula is C16H17Cl2NO2. The predicted molar refractivity (Wildman–Crippen MR) is 88.0 cm³/mol. The lowest BCUT2D eigenvalue weighted by molar-refractivity contribution is 0.311. The molecule has 0 heterocycles. The molecule has 0 radical (unpaired) electrons. The molecule has 3 nitrogen and oxygen atoms in total. The molecule has 0 aliphatic heterocycles. The summed E-state index contributed by atoms with van der Waals surface area (Å²) >= 11 is 12.2. The van der Waals surface area contributed by atoms with E-state index in [1.165, 1.54) is 0 Å². The van der Waals surface area contributed by atoms with Crippen molar-refractivity contribution in [3.63, 3.8) is 0 Å². The fraction of sp³-hybridized carbons (Fsp3) is 0.250. The van der Waals surface area contributed by atoms with E-state index in [0.717, 1.165) is 11.3 Å². The average Bonchev–Trinajstić information content (AvgIpc) is 2.49. The number of methoxy groups -OCH3 is 1. The molecule has 112 valence electrons. The highest BCUT2D eigenvalue weighted by Crippen LogP contribution is 2.31. The van der Waals surface area contributed by atoms with Gasteiger partial charge in [0.25, 0.3) is 0 Å². The van der Waals surface area contributed by atoms with Gasteiger partial charge in [-0.15, -0.1) is 0 Å². The third-order valence-corrected chi connectivity index (χ3v) is 3.84. The molecule has 0 saturated heterocycles. The molecule has 0 aliphatic rings. The second kappa shape index (κ2) is 7.43. The standard InChI is InChI=1S/C16H17Cl2NO2/c1-3-21-15-9-12(7-8-14(15)20-2)19-10-11-5-4-6-13(17)16(11)18/h4-9,19H,3,10H2,1-2H3. The lowest BCUT2D eigenvalue weighted by atomic mass is 10.2. The highest BCUT2D eigenvalue weighted by molar-refractivity contribution is 6.42. The SMILES string of the molecule is CCOc1cc(NCc2cccc(Cl)c2Cl)ccc1OC. The number of ether oxygens (including phenoxy) is 2. The highest BCUT2D eigenvalue weighted by Gasteiger charge is 2.07. The highest BCUT2D eigenvalue weighted by atomic mass is 35.5. The molecule has 0 bridgehead atoms. The molecule has 0 atom stereocenters. The molecular weight excluding hydrogens is 309 g/mol. The van der Waals surface area contributed by atoms with E-state index in [9.17, 15) is 0 Å². The van der Waals surface area contributed by atoms with E-state index in [1.807, 2.05) is 37.3 Å². The molecule has 21 heavy (non-hydrogen) atoms. The zero-order valence-corrected chi connectivity index (χ0v) is 13.5. The van der Waals surface area contributed by atoms with Crippen molar-refractivity contribution in [1.82, 2.24) is 0 Å². The van der Waals surface area contributed by atoms with Gasteiger partial charge in [0, 0.05) is 18.3 Å². The molecule has 0 unspecified atom stereocenters. The first-order valence-electron chi connectivity index (χ1n) is 6.63. The van der Waals surface area contributed by atoms with E-state index in [0.29, 0.717) is 34.7 Å². The number of halogens is 2. The van der Waals surface area contributed by atoms with Crippen LogP contribution in [0.3, 0.4) is 0 Å². The van der Waals surface area contributed by atoms with Gasteiger partial charge in [-0.05, 0) is 30.7 Å².